The summed E-state index contributed by atoms with van der Waals surface area (Å²) in [7, 11) is 8.24. The van der Waals surface area contributed by atoms with Crippen LogP contribution in [0, 0.1) is 0 Å². The van der Waals surface area contributed by atoms with Crippen molar-refractivity contribution >= 4 is 31.4 Å². The van der Waals surface area contributed by atoms with Gasteiger partial charge < -0.3 is 14.8 Å². The van der Waals surface area contributed by atoms with Crippen molar-refractivity contribution < 1.29 is 9.47 Å². The molecule has 98 valence electrons. The predicted octanol–water partition coefficient (Wildman–Crippen LogP) is -2.20. The van der Waals surface area contributed by atoms with E-state index in [2.05, 4.69) is 40.1 Å². The van der Waals surface area contributed by atoms with Gasteiger partial charge in [-0.15, -0.1) is 0 Å². The maximum absolute atomic E-state index is 5.79. The molecule has 0 aromatic heterocycles. The van der Waals surface area contributed by atoms with Crippen LogP contribution in [-0.2, 0) is 6.42 Å². The molecule has 19 heavy (non-hydrogen) atoms. The number of hydrogen-bond donors (Lipinski definition) is 1. The van der Waals surface area contributed by atoms with Crippen molar-refractivity contribution in [2.24, 2.45) is 0 Å². The molecule has 0 fully saturated rings. The highest BCUT2D eigenvalue weighted by Crippen LogP contribution is 2.37. The van der Waals surface area contributed by atoms with Gasteiger partial charge in [-0.05, 0) is 30.5 Å². The number of benzene rings is 1. The Kier molecular flexibility index (Phi) is 4.24. The van der Waals surface area contributed by atoms with Crippen LogP contribution < -0.4 is 14.8 Å². The number of hydrogen-bond acceptors (Lipinski definition) is 3. The monoisotopic (exact) mass is 255 g/mol. The van der Waals surface area contributed by atoms with Gasteiger partial charge in [0.2, 0.25) is 0 Å². The van der Waals surface area contributed by atoms with Crippen molar-refractivity contribution in [2.75, 3.05) is 0 Å². The number of fused-ring (bicyclic) bond motifs is 1. The van der Waals surface area contributed by atoms with Crippen LogP contribution >= 0.6 is 0 Å². The van der Waals surface area contributed by atoms with Gasteiger partial charge >= 0.3 is 0 Å². The average Bonchev–Trinajstić information content (AvgIpc) is 2.60. The zero-order valence-corrected chi connectivity index (χ0v) is 12.6. The van der Waals surface area contributed by atoms with E-state index >= 15 is 0 Å². The molecule has 1 N–H and O–H groups in total. The van der Waals surface area contributed by atoms with Gasteiger partial charge in [-0.25, -0.2) is 0 Å². The van der Waals surface area contributed by atoms with E-state index in [9.17, 15) is 0 Å². The summed E-state index contributed by atoms with van der Waals surface area (Å²) < 4.78 is 11.5. The SMILES string of the molecule is BC(B)N[C@@H](CC)Cc1ccc2c(c1)OC(B)(B)O2. The summed E-state index contributed by atoms with van der Waals surface area (Å²) in [5.41, 5.74) is 0.751. The third kappa shape index (κ3) is 3.75. The molecule has 3 nitrogen and oxygen atoms in total. The minimum Gasteiger partial charge on any atom is -0.467 e. The van der Waals surface area contributed by atoms with E-state index in [0.717, 1.165) is 24.3 Å². The lowest BCUT2D eigenvalue weighted by Gasteiger charge is -2.20. The van der Waals surface area contributed by atoms with Gasteiger partial charge in [-0.2, -0.15) is 0 Å². The molecule has 0 unspecified atom stereocenters. The van der Waals surface area contributed by atoms with Gasteiger partial charge in [0.05, 0.1) is 0 Å². The molecular formula is C12H21B4NO2. The number of nitrogens with one attached hydrogen (secondary N) is 1. The zero-order chi connectivity index (χ0) is 14.0. The van der Waals surface area contributed by atoms with Crippen LogP contribution in [0.4, 0.5) is 0 Å². The Morgan fingerprint density at radius 2 is 1.89 bits per heavy atom. The van der Waals surface area contributed by atoms with Gasteiger partial charge in [0.15, 0.2) is 32.8 Å². The van der Waals surface area contributed by atoms with Crippen molar-refractivity contribution in [1.29, 1.82) is 0 Å². The number of ether oxygens (including phenoxy) is 2. The Morgan fingerprint density at radius 3 is 2.53 bits per heavy atom. The normalized spacial score (nSPS) is 17.6. The first-order valence-electron chi connectivity index (χ1n) is 7.16. The summed E-state index contributed by atoms with van der Waals surface area (Å²) in [5.74, 6) is 2.22. The summed E-state index contributed by atoms with van der Waals surface area (Å²) in [4.78, 5) is 0. The highest BCUT2D eigenvalue weighted by Gasteiger charge is 2.31. The molecule has 0 bridgehead atoms. The molecule has 0 saturated carbocycles. The Balaban J connectivity index is 2.07. The van der Waals surface area contributed by atoms with Crippen molar-refractivity contribution in [2.45, 2.75) is 37.2 Å². The molecule has 1 aromatic rings. The minimum atomic E-state index is -0.540. The lowest BCUT2D eigenvalue weighted by molar-refractivity contribution is 0.0833. The van der Waals surface area contributed by atoms with E-state index in [4.69, 9.17) is 9.47 Å². The number of rotatable bonds is 5. The first kappa shape index (κ1) is 14.4. The summed E-state index contributed by atoms with van der Waals surface area (Å²) >= 11 is 0. The fourth-order valence-corrected chi connectivity index (χ4v) is 2.47. The predicted molar refractivity (Wildman–Crippen MR) is 89.3 cm³/mol. The summed E-state index contributed by atoms with van der Waals surface area (Å²) in [6.07, 6.45) is 2.14. The second-order valence-electron chi connectivity index (χ2n) is 6.02. The first-order valence-corrected chi connectivity index (χ1v) is 7.16. The van der Waals surface area contributed by atoms with Crippen molar-refractivity contribution in [3.05, 3.63) is 23.8 Å². The van der Waals surface area contributed by atoms with Crippen LogP contribution in [0.1, 0.15) is 18.9 Å². The fourth-order valence-electron chi connectivity index (χ4n) is 2.47. The maximum atomic E-state index is 5.79. The molecule has 0 saturated heterocycles. The molecular weight excluding hydrogens is 233 g/mol. The van der Waals surface area contributed by atoms with Crippen LogP contribution in [0.3, 0.4) is 0 Å². The van der Waals surface area contributed by atoms with Gasteiger partial charge in [0.1, 0.15) is 15.7 Å². The summed E-state index contributed by atoms with van der Waals surface area (Å²) in [5, 5.41) is 3.59. The molecule has 0 radical (unpaired) electrons. The highest BCUT2D eigenvalue weighted by atomic mass is 16.7. The van der Waals surface area contributed by atoms with Gasteiger partial charge in [-0.1, -0.05) is 18.8 Å². The Bertz CT molecular complexity index is 453. The maximum Gasteiger partial charge on any atom is 0.197 e. The molecule has 1 atom stereocenters. The van der Waals surface area contributed by atoms with E-state index in [1.54, 1.807) is 0 Å². The smallest absolute Gasteiger partial charge is 0.197 e. The van der Waals surface area contributed by atoms with E-state index in [0.29, 0.717) is 11.9 Å². The molecule has 0 amide bonds. The van der Waals surface area contributed by atoms with Gasteiger partial charge in [0.25, 0.3) is 0 Å². The molecule has 7 heteroatoms. The standard InChI is InChI=1S/C12H21B4NO2/c1-2-8(17-11(13)14)5-7-3-4-9-10(6-7)19-12(15,16)18-9/h3-4,6,8,11,17H,2,5,13-16H2,1H3/t8-/m0/s1. The minimum absolute atomic E-state index is 0.508. The zero-order valence-electron chi connectivity index (χ0n) is 12.6. The molecule has 0 spiro atoms. The van der Waals surface area contributed by atoms with Crippen molar-refractivity contribution in [3.63, 3.8) is 0 Å². The third-order valence-corrected chi connectivity index (χ3v) is 3.26. The van der Waals surface area contributed by atoms with E-state index in [1.807, 2.05) is 21.8 Å². The third-order valence-electron chi connectivity index (χ3n) is 3.26. The van der Waals surface area contributed by atoms with E-state index in [-0.39, 0.29) is 0 Å². The Morgan fingerprint density at radius 1 is 1.21 bits per heavy atom. The largest absolute Gasteiger partial charge is 0.467 e. The first-order chi connectivity index (χ1) is 8.89. The second kappa shape index (κ2) is 5.58. The van der Waals surface area contributed by atoms with Crippen LogP contribution in [-0.4, -0.2) is 48.9 Å². The van der Waals surface area contributed by atoms with Gasteiger partial charge in [0, 0.05) is 6.04 Å². The lowest BCUT2D eigenvalue weighted by Crippen LogP contribution is -2.39. The second-order valence-corrected chi connectivity index (χ2v) is 6.02. The lowest BCUT2D eigenvalue weighted by atomic mass is 9.76. The molecule has 1 aliphatic rings. The van der Waals surface area contributed by atoms with Crippen LogP contribution in [0.25, 0.3) is 0 Å². The molecule has 1 aliphatic heterocycles. The van der Waals surface area contributed by atoms with E-state index in [1.165, 1.54) is 5.56 Å². The Hall–Kier alpha value is -0.960. The van der Waals surface area contributed by atoms with Gasteiger partial charge in [-0.3, -0.25) is 0 Å². The van der Waals surface area contributed by atoms with Crippen LogP contribution in [0.15, 0.2) is 18.2 Å². The quantitative estimate of drug-likeness (QED) is 0.605. The van der Waals surface area contributed by atoms with Crippen LogP contribution in [0.2, 0.25) is 0 Å². The fraction of sp³-hybridized carbons (Fsp3) is 0.500. The highest BCUT2D eigenvalue weighted by molar-refractivity contribution is 6.38. The molecule has 1 heterocycles. The topological polar surface area (TPSA) is 30.5 Å². The molecule has 0 aliphatic carbocycles. The Labute approximate surface area is 119 Å². The molecule has 2 rings (SSSR count). The summed E-state index contributed by atoms with van der Waals surface area (Å²) in [6, 6.07) is 6.76. The van der Waals surface area contributed by atoms with Crippen molar-refractivity contribution in [1.82, 2.24) is 5.32 Å². The van der Waals surface area contributed by atoms with Crippen LogP contribution in [0.5, 0.6) is 11.5 Å². The summed E-state index contributed by atoms with van der Waals surface area (Å²) in [6.45, 7) is 2.22. The molecule has 1 aromatic carbocycles. The van der Waals surface area contributed by atoms with E-state index < -0.39 is 5.59 Å². The van der Waals surface area contributed by atoms with Crippen molar-refractivity contribution in [3.8, 4) is 11.5 Å². The average molecular weight is 255 g/mol.